The van der Waals surface area contributed by atoms with Crippen LogP contribution in [0.1, 0.15) is 37.6 Å². The Bertz CT molecular complexity index is 552. The van der Waals surface area contributed by atoms with Gasteiger partial charge in [0.2, 0.25) is 10.0 Å². The Kier molecular flexibility index (Phi) is 5.71. The van der Waals surface area contributed by atoms with E-state index in [4.69, 9.17) is 0 Å². The summed E-state index contributed by atoms with van der Waals surface area (Å²) in [5, 5.41) is 3.22. The minimum absolute atomic E-state index is 0.00351. The van der Waals surface area contributed by atoms with Crippen molar-refractivity contribution in [2.45, 2.75) is 39.3 Å². The summed E-state index contributed by atoms with van der Waals surface area (Å²) in [4.78, 5) is 12.2. The number of ketones is 1. The highest BCUT2D eigenvalue weighted by Gasteiger charge is 2.16. The van der Waals surface area contributed by atoms with Crippen molar-refractivity contribution in [2.75, 3.05) is 11.0 Å². The predicted octanol–water partition coefficient (Wildman–Crippen LogP) is 2.02. The van der Waals surface area contributed by atoms with Gasteiger partial charge in [-0.25, -0.2) is 8.42 Å². The molecular formula is C14H22N2O3S. The lowest BCUT2D eigenvalue weighted by molar-refractivity contribution is 0.0945. The number of nitrogens with one attached hydrogen (secondary N) is 2. The summed E-state index contributed by atoms with van der Waals surface area (Å²) in [6, 6.07) is 6.45. The van der Waals surface area contributed by atoms with Crippen molar-refractivity contribution >= 4 is 21.5 Å². The Balaban J connectivity index is 2.75. The number of sulfonamides is 1. The first-order chi connectivity index (χ1) is 9.23. The van der Waals surface area contributed by atoms with Crippen LogP contribution in [0.3, 0.4) is 0 Å². The number of rotatable bonds is 7. The van der Waals surface area contributed by atoms with E-state index in [1.54, 1.807) is 24.3 Å². The summed E-state index contributed by atoms with van der Waals surface area (Å²) in [7, 11) is -3.29. The van der Waals surface area contributed by atoms with E-state index in [9.17, 15) is 13.2 Å². The molecule has 0 bridgehead atoms. The molecule has 112 valence electrons. The fourth-order valence-electron chi connectivity index (χ4n) is 1.79. The summed E-state index contributed by atoms with van der Waals surface area (Å²) in [5.41, 5.74) is 1.01. The number of hydrogen-bond acceptors (Lipinski definition) is 4. The van der Waals surface area contributed by atoms with Crippen molar-refractivity contribution in [1.82, 2.24) is 5.32 Å². The highest BCUT2D eigenvalue weighted by Crippen LogP contribution is 2.12. The van der Waals surface area contributed by atoms with Gasteiger partial charge in [-0.1, -0.05) is 6.92 Å². The maximum atomic E-state index is 12.2. The van der Waals surface area contributed by atoms with E-state index in [0.29, 0.717) is 11.3 Å². The average molecular weight is 298 g/mol. The van der Waals surface area contributed by atoms with E-state index in [2.05, 4.69) is 17.0 Å². The molecule has 0 saturated heterocycles. The van der Waals surface area contributed by atoms with Crippen LogP contribution in [0.2, 0.25) is 0 Å². The second-order valence-electron chi connectivity index (χ2n) is 5.01. The van der Waals surface area contributed by atoms with Gasteiger partial charge >= 0.3 is 0 Å². The van der Waals surface area contributed by atoms with Gasteiger partial charge < -0.3 is 5.32 Å². The molecule has 0 aliphatic rings. The van der Waals surface area contributed by atoms with E-state index in [-0.39, 0.29) is 17.9 Å². The lowest BCUT2D eigenvalue weighted by atomic mass is 10.0. The standard InChI is InChI=1S/C14H22N2O3S/c1-5-10(2)15-11(3)14(17)12-6-8-13(9-7-12)16-20(4,18)19/h6-11,15-16H,5H2,1-4H3/t10-,11+/m1/s1. The molecule has 0 saturated carbocycles. The normalized spacial score (nSPS) is 14.6. The van der Waals surface area contributed by atoms with Crippen molar-refractivity contribution in [3.8, 4) is 0 Å². The molecule has 0 spiro atoms. The van der Waals surface area contributed by atoms with Gasteiger partial charge in [0.25, 0.3) is 0 Å². The van der Waals surface area contributed by atoms with Gasteiger partial charge in [-0.3, -0.25) is 9.52 Å². The Morgan fingerprint density at radius 2 is 1.75 bits per heavy atom. The Morgan fingerprint density at radius 1 is 1.20 bits per heavy atom. The molecule has 0 heterocycles. The first-order valence-electron chi connectivity index (χ1n) is 6.61. The number of anilines is 1. The first kappa shape index (κ1) is 16.7. The smallest absolute Gasteiger partial charge is 0.229 e. The predicted molar refractivity (Wildman–Crippen MR) is 81.6 cm³/mol. The maximum Gasteiger partial charge on any atom is 0.229 e. The van der Waals surface area contributed by atoms with Gasteiger partial charge in [0.05, 0.1) is 12.3 Å². The molecule has 0 unspecified atom stereocenters. The first-order valence-corrected chi connectivity index (χ1v) is 8.50. The summed E-state index contributed by atoms with van der Waals surface area (Å²) in [6.07, 6.45) is 2.04. The van der Waals surface area contributed by atoms with Crippen LogP contribution in [0.25, 0.3) is 0 Å². The van der Waals surface area contributed by atoms with Crippen molar-refractivity contribution in [1.29, 1.82) is 0 Å². The molecule has 2 atom stereocenters. The van der Waals surface area contributed by atoms with Crippen molar-refractivity contribution in [2.24, 2.45) is 0 Å². The topological polar surface area (TPSA) is 75.3 Å². The minimum atomic E-state index is -3.29. The molecule has 6 heteroatoms. The van der Waals surface area contributed by atoms with Gasteiger partial charge in [-0.2, -0.15) is 0 Å². The fourth-order valence-corrected chi connectivity index (χ4v) is 2.35. The lowest BCUT2D eigenvalue weighted by Crippen LogP contribution is -2.39. The summed E-state index contributed by atoms with van der Waals surface area (Å²) < 4.78 is 24.6. The van der Waals surface area contributed by atoms with Crippen LogP contribution in [0.4, 0.5) is 5.69 Å². The van der Waals surface area contributed by atoms with E-state index in [1.165, 1.54) is 0 Å². The van der Waals surface area contributed by atoms with E-state index >= 15 is 0 Å². The van der Waals surface area contributed by atoms with Crippen LogP contribution in [-0.4, -0.2) is 32.5 Å². The quantitative estimate of drug-likeness (QED) is 0.755. The number of benzene rings is 1. The Morgan fingerprint density at radius 3 is 2.20 bits per heavy atom. The zero-order chi connectivity index (χ0) is 15.3. The summed E-state index contributed by atoms with van der Waals surface area (Å²) in [6.45, 7) is 5.92. The second-order valence-corrected chi connectivity index (χ2v) is 6.76. The molecule has 1 aromatic carbocycles. The van der Waals surface area contributed by atoms with E-state index in [0.717, 1.165) is 12.7 Å². The van der Waals surface area contributed by atoms with Crippen LogP contribution < -0.4 is 10.0 Å². The van der Waals surface area contributed by atoms with Crippen molar-refractivity contribution in [3.05, 3.63) is 29.8 Å². The van der Waals surface area contributed by atoms with E-state index < -0.39 is 10.0 Å². The van der Waals surface area contributed by atoms with Gasteiger partial charge in [-0.15, -0.1) is 0 Å². The molecule has 2 N–H and O–H groups in total. The van der Waals surface area contributed by atoms with Crippen molar-refractivity contribution in [3.63, 3.8) is 0 Å². The number of hydrogen-bond donors (Lipinski definition) is 2. The molecule has 0 aliphatic carbocycles. The largest absolute Gasteiger partial charge is 0.305 e. The lowest BCUT2D eigenvalue weighted by Gasteiger charge is -2.17. The van der Waals surface area contributed by atoms with Crippen molar-refractivity contribution < 1.29 is 13.2 Å². The van der Waals surface area contributed by atoms with Gasteiger partial charge in [0.15, 0.2) is 5.78 Å². The third kappa shape index (κ3) is 5.30. The summed E-state index contributed by atoms with van der Waals surface area (Å²) >= 11 is 0. The third-order valence-electron chi connectivity index (χ3n) is 3.01. The van der Waals surface area contributed by atoms with Crippen LogP contribution in [0.15, 0.2) is 24.3 Å². The van der Waals surface area contributed by atoms with Gasteiger partial charge in [0.1, 0.15) is 0 Å². The van der Waals surface area contributed by atoms with E-state index in [1.807, 2.05) is 13.8 Å². The SMILES string of the molecule is CC[C@@H](C)N[C@@H](C)C(=O)c1ccc(NS(C)(=O)=O)cc1. The zero-order valence-corrected chi connectivity index (χ0v) is 13.1. The molecule has 0 aromatic heterocycles. The van der Waals surface area contributed by atoms with Crippen LogP contribution in [0, 0.1) is 0 Å². The fraction of sp³-hybridized carbons (Fsp3) is 0.500. The summed E-state index contributed by atoms with van der Waals surface area (Å²) in [5.74, 6) is -0.00351. The number of carbonyl (C=O) groups excluding carboxylic acids is 1. The minimum Gasteiger partial charge on any atom is -0.305 e. The molecule has 0 amide bonds. The molecule has 1 rings (SSSR count). The molecule has 0 aliphatic heterocycles. The highest BCUT2D eigenvalue weighted by molar-refractivity contribution is 7.92. The molecule has 5 nitrogen and oxygen atoms in total. The molecular weight excluding hydrogens is 276 g/mol. The number of carbonyl (C=O) groups is 1. The van der Waals surface area contributed by atoms with Crippen LogP contribution in [-0.2, 0) is 10.0 Å². The zero-order valence-electron chi connectivity index (χ0n) is 12.3. The highest BCUT2D eigenvalue weighted by atomic mass is 32.2. The van der Waals surface area contributed by atoms with Gasteiger partial charge in [-0.05, 0) is 44.5 Å². The average Bonchev–Trinajstić information content (AvgIpc) is 2.36. The maximum absolute atomic E-state index is 12.2. The monoisotopic (exact) mass is 298 g/mol. The Hall–Kier alpha value is -1.40. The second kappa shape index (κ2) is 6.85. The molecule has 0 fully saturated rings. The molecule has 20 heavy (non-hydrogen) atoms. The molecule has 0 radical (unpaired) electrons. The van der Waals surface area contributed by atoms with Crippen LogP contribution >= 0.6 is 0 Å². The van der Waals surface area contributed by atoms with Gasteiger partial charge in [0, 0.05) is 17.3 Å². The Labute approximate surface area is 120 Å². The molecule has 1 aromatic rings. The third-order valence-corrected chi connectivity index (χ3v) is 3.62. The van der Waals surface area contributed by atoms with Crippen LogP contribution in [0.5, 0.6) is 0 Å². The number of Topliss-reactive ketones (excluding diaryl/α,β-unsaturated/α-hetero) is 1.